The van der Waals surface area contributed by atoms with Crippen LogP contribution >= 0.6 is 0 Å². The zero-order valence-corrected chi connectivity index (χ0v) is 18.2. The number of hydrogen-bond acceptors (Lipinski definition) is 3. The first-order valence-electron chi connectivity index (χ1n) is 10.6. The van der Waals surface area contributed by atoms with E-state index in [4.69, 9.17) is 0 Å². The van der Waals surface area contributed by atoms with Gasteiger partial charge in [-0.3, -0.25) is 14.6 Å². The molecule has 2 aromatic carbocycles. The number of rotatable bonds is 6. The Labute approximate surface area is 197 Å². The van der Waals surface area contributed by atoms with Crippen LogP contribution in [0.4, 0.5) is 17.6 Å². The van der Waals surface area contributed by atoms with E-state index in [1.165, 1.54) is 35.2 Å². The van der Waals surface area contributed by atoms with Gasteiger partial charge in [0, 0.05) is 18.5 Å². The number of halogens is 4. The molecule has 2 heterocycles. The summed E-state index contributed by atoms with van der Waals surface area (Å²) in [4.78, 5) is 29.4. The van der Waals surface area contributed by atoms with Crippen LogP contribution in [-0.4, -0.2) is 15.5 Å². The van der Waals surface area contributed by atoms with Crippen LogP contribution in [0.25, 0.3) is 0 Å². The third-order valence-electron chi connectivity index (χ3n) is 5.35. The van der Waals surface area contributed by atoms with Crippen molar-refractivity contribution in [3.05, 3.63) is 135 Å². The van der Waals surface area contributed by atoms with Gasteiger partial charge in [-0.15, -0.1) is 0 Å². The molecule has 178 valence electrons. The molecule has 1 amide bonds. The molecule has 4 aromatic rings. The fourth-order valence-corrected chi connectivity index (χ4v) is 3.57. The van der Waals surface area contributed by atoms with Crippen molar-refractivity contribution in [1.29, 1.82) is 0 Å². The lowest BCUT2D eigenvalue weighted by Crippen LogP contribution is -2.32. The largest absolute Gasteiger partial charge is 0.416 e. The number of aromatic nitrogens is 2. The molecule has 0 aliphatic carbocycles. The standard InChI is InChI=1S/C26H19F4N3O2/c27-21-7-4-14-31-24(21)23(18-8-11-20(12-9-18)26(28,29)30)32-25(35)19-10-13-22(34)33(16-19)15-17-5-2-1-3-6-17/h1-14,16,23H,15H2,(H,32,35). The molecule has 0 radical (unpaired) electrons. The molecule has 0 fully saturated rings. The van der Waals surface area contributed by atoms with Crippen LogP contribution in [0.1, 0.15) is 38.8 Å². The van der Waals surface area contributed by atoms with E-state index in [0.29, 0.717) is 0 Å². The van der Waals surface area contributed by atoms with E-state index in [1.54, 1.807) is 0 Å². The van der Waals surface area contributed by atoms with Crippen molar-refractivity contribution in [2.45, 2.75) is 18.8 Å². The van der Waals surface area contributed by atoms with Gasteiger partial charge in [0.05, 0.1) is 23.7 Å². The first-order chi connectivity index (χ1) is 16.7. The molecule has 0 bridgehead atoms. The fraction of sp³-hybridized carbons (Fsp3) is 0.115. The van der Waals surface area contributed by atoms with Gasteiger partial charge in [0.2, 0.25) is 0 Å². The molecule has 2 aromatic heterocycles. The molecule has 1 N–H and O–H groups in total. The summed E-state index contributed by atoms with van der Waals surface area (Å²) in [6, 6.07) is 17.1. The van der Waals surface area contributed by atoms with Crippen molar-refractivity contribution in [3.63, 3.8) is 0 Å². The van der Waals surface area contributed by atoms with Gasteiger partial charge in [0.25, 0.3) is 11.5 Å². The first kappa shape index (κ1) is 23.9. The number of alkyl halides is 3. The van der Waals surface area contributed by atoms with Crippen LogP contribution in [0.2, 0.25) is 0 Å². The summed E-state index contributed by atoms with van der Waals surface area (Å²) in [6.07, 6.45) is -1.84. The zero-order valence-electron chi connectivity index (χ0n) is 18.2. The summed E-state index contributed by atoms with van der Waals surface area (Å²) in [5.41, 5.74) is -0.167. The SMILES string of the molecule is O=C(NC(c1ccc(C(F)(F)F)cc1)c1ncccc1F)c1ccc(=O)n(Cc2ccccc2)c1. The van der Waals surface area contributed by atoms with Gasteiger partial charge in [0.15, 0.2) is 0 Å². The van der Waals surface area contributed by atoms with E-state index in [9.17, 15) is 27.2 Å². The summed E-state index contributed by atoms with van der Waals surface area (Å²) in [5.74, 6) is -1.38. The summed E-state index contributed by atoms with van der Waals surface area (Å²) < 4.78 is 54.9. The summed E-state index contributed by atoms with van der Waals surface area (Å²) in [6.45, 7) is 0.234. The van der Waals surface area contributed by atoms with Gasteiger partial charge in [-0.2, -0.15) is 13.2 Å². The highest BCUT2D eigenvalue weighted by Crippen LogP contribution is 2.31. The van der Waals surface area contributed by atoms with Gasteiger partial charge >= 0.3 is 6.18 Å². The number of carbonyl (C=O) groups is 1. The quantitative estimate of drug-likeness (QED) is 0.396. The van der Waals surface area contributed by atoms with Crippen molar-refractivity contribution in [2.24, 2.45) is 0 Å². The number of amides is 1. The van der Waals surface area contributed by atoms with Crippen LogP contribution in [0.3, 0.4) is 0 Å². The molecule has 4 rings (SSSR count). The minimum absolute atomic E-state index is 0.119. The first-order valence-corrected chi connectivity index (χ1v) is 10.6. The average Bonchev–Trinajstić information content (AvgIpc) is 2.84. The zero-order chi connectivity index (χ0) is 25.0. The number of hydrogen-bond donors (Lipinski definition) is 1. The second-order valence-electron chi connectivity index (χ2n) is 7.77. The topological polar surface area (TPSA) is 64.0 Å². The van der Waals surface area contributed by atoms with E-state index in [1.807, 2.05) is 30.3 Å². The molecular weight excluding hydrogens is 462 g/mol. The van der Waals surface area contributed by atoms with Crippen molar-refractivity contribution >= 4 is 5.91 Å². The molecular formula is C26H19F4N3O2. The van der Waals surface area contributed by atoms with Crippen molar-refractivity contribution < 1.29 is 22.4 Å². The predicted octanol–water partition coefficient (Wildman–Crippen LogP) is 4.97. The van der Waals surface area contributed by atoms with Gasteiger partial charge in [0.1, 0.15) is 11.5 Å². The number of nitrogens with one attached hydrogen (secondary N) is 1. The average molecular weight is 481 g/mol. The normalized spacial score (nSPS) is 12.2. The van der Waals surface area contributed by atoms with Crippen LogP contribution in [0, 0.1) is 5.82 Å². The third-order valence-corrected chi connectivity index (χ3v) is 5.35. The minimum atomic E-state index is -4.54. The lowest BCUT2D eigenvalue weighted by molar-refractivity contribution is -0.137. The van der Waals surface area contributed by atoms with Crippen LogP contribution in [0.5, 0.6) is 0 Å². The molecule has 9 heteroatoms. The molecule has 35 heavy (non-hydrogen) atoms. The fourth-order valence-electron chi connectivity index (χ4n) is 3.57. The van der Waals surface area contributed by atoms with Gasteiger partial charge in [-0.1, -0.05) is 42.5 Å². The molecule has 0 saturated heterocycles. The molecule has 0 spiro atoms. The van der Waals surface area contributed by atoms with E-state index in [-0.39, 0.29) is 28.9 Å². The van der Waals surface area contributed by atoms with Crippen molar-refractivity contribution in [3.8, 4) is 0 Å². The van der Waals surface area contributed by atoms with Crippen LogP contribution < -0.4 is 10.9 Å². The maximum atomic E-state index is 14.6. The maximum absolute atomic E-state index is 14.6. The molecule has 1 atom stereocenters. The molecule has 0 aliphatic rings. The number of pyridine rings is 2. The smallest absolute Gasteiger partial charge is 0.339 e. The Morgan fingerprint density at radius 2 is 1.66 bits per heavy atom. The monoisotopic (exact) mass is 481 g/mol. The highest BCUT2D eigenvalue weighted by atomic mass is 19.4. The second kappa shape index (κ2) is 9.92. The summed E-state index contributed by atoms with van der Waals surface area (Å²) in [5, 5.41) is 2.64. The van der Waals surface area contributed by atoms with Crippen molar-refractivity contribution in [2.75, 3.05) is 0 Å². The Morgan fingerprint density at radius 3 is 2.31 bits per heavy atom. The number of benzene rings is 2. The molecule has 5 nitrogen and oxygen atoms in total. The molecule has 1 unspecified atom stereocenters. The minimum Gasteiger partial charge on any atom is -0.339 e. The summed E-state index contributed by atoms with van der Waals surface area (Å²) in [7, 11) is 0. The second-order valence-corrected chi connectivity index (χ2v) is 7.77. The summed E-state index contributed by atoms with van der Waals surface area (Å²) >= 11 is 0. The number of carbonyl (C=O) groups excluding carboxylic acids is 1. The Kier molecular flexibility index (Phi) is 6.77. The van der Waals surface area contributed by atoms with E-state index in [2.05, 4.69) is 10.3 Å². The van der Waals surface area contributed by atoms with E-state index >= 15 is 0 Å². The Bertz CT molecular complexity index is 1380. The third kappa shape index (κ3) is 5.63. The highest BCUT2D eigenvalue weighted by molar-refractivity contribution is 5.94. The Balaban J connectivity index is 1.66. The van der Waals surface area contributed by atoms with Gasteiger partial charge in [-0.25, -0.2) is 4.39 Å². The highest BCUT2D eigenvalue weighted by Gasteiger charge is 2.31. The van der Waals surface area contributed by atoms with Gasteiger partial charge < -0.3 is 9.88 Å². The van der Waals surface area contributed by atoms with E-state index < -0.39 is 29.5 Å². The van der Waals surface area contributed by atoms with E-state index in [0.717, 1.165) is 35.9 Å². The lowest BCUT2D eigenvalue weighted by atomic mass is 10.0. The Morgan fingerprint density at radius 1 is 0.943 bits per heavy atom. The van der Waals surface area contributed by atoms with Crippen LogP contribution in [-0.2, 0) is 12.7 Å². The Hall–Kier alpha value is -4.27. The van der Waals surface area contributed by atoms with Crippen LogP contribution in [0.15, 0.2) is 96.1 Å². The molecule has 0 saturated carbocycles. The predicted molar refractivity (Wildman–Crippen MR) is 121 cm³/mol. The van der Waals surface area contributed by atoms with Gasteiger partial charge in [-0.05, 0) is 41.5 Å². The van der Waals surface area contributed by atoms with Crippen molar-refractivity contribution in [1.82, 2.24) is 14.9 Å². The lowest BCUT2D eigenvalue weighted by Gasteiger charge is -2.20. The molecule has 0 aliphatic heterocycles. The maximum Gasteiger partial charge on any atom is 0.416 e. The number of nitrogens with zero attached hydrogens (tertiary/aromatic N) is 2.